The third-order valence-electron chi connectivity index (χ3n) is 3.71. The zero-order chi connectivity index (χ0) is 19.5. The van der Waals surface area contributed by atoms with Crippen molar-refractivity contribution in [3.05, 3.63) is 48.0 Å². The number of aromatic nitrogens is 2. The lowest BCUT2D eigenvalue weighted by molar-refractivity contribution is -0.192. The number of nitrogens with zero attached hydrogens (tertiary/aromatic N) is 2. The molecule has 1 heterocycles. The molecule has 0 fully saturated rings. The van der Waals surface area contributed by atoms with Gasteiger partial charge in [-0.2, -0.15) is 8.78 Å². The van der Waals surface area contributed by atoms with E-state index in [0.29, 0.717) is 0 Å². The summed E-state index contributed by atoms with van der Waals surface area (Å²) in [4.78, 5) is 27.3. The van der Waals surface area contributed by atoms with Crippen LogP contribution in [0.1, 0.15) is 37.0 Å². The van der Waals surface area contributed by atoms with E-state index < -0.39 is 24.3 Å². The number of halogens is 2. The van der Waals surface area contributed by atoms with Crippen LogP contribution in [0.4, 0.5) is 8.78 Å². The van der Waals surface area contributed by atoms with E-state index in [-0.39, 0.29) is 17.0 Å². The van der Waals surface area contributed by atoms with Crippen LogP contribution in [0.3, 0.4) is 0 Å². The van der Waals surface area contributed by atoms with Crippen LogP contribution < -0.4 is 10.1 Å². The number of hydrogen-bond donors (Lipinski definition) is 1. The smallest absolute Gasteiger partial charge is 0.425 e. The molecule has 2 aromatic rings. The first-order valence-corrected chi connectivity index (χ1v) is 7.97. The quantitative estimate of drug-likeness (QED) is 0.799. The number of carbonyl (C=O) groups excluding carboxylic acids is 2. The lowest BCUT2D eigenvalue weighted by atomic mass is 9.87. The molecule has 0 aliphatic rings. The number of imidazole rings is 1. The number of benzene rings is 1. The summed E-state index contributed by atoms with van der Waals surface area (Å²) in [5.41, 5.74) is 0.808. The third kappa shape index (κ3) is 4.65. The Hall–Kier alpha value is -2.77. The first-order chi connectivity index (χ1) is 12.0. The van der Waals surface area contributed by atoms with Crippen molar-refractivity contribution in [3.8, 4) is 5.75 Å². The highest BCUT2D eigenvalue weighted by atomic mass is 19.3. The van der Waals surface area contributed by atoms with Crippen LogP contribution in [-0.2, 0) is 17.3 Å². The molecule has 1 aromatic carbocycles. The molecule has 0 aliphatic heterocycles. The summed E-state index contributed by atoms with van der Waals surface area (Å²) in [7, 11) is 1.58. The molecule has 26 heavy (non-hydrogen) atoms. The Morgan fingerprint density at radius 1 is 1.19 bits per heavy atom. The van der Waals surface area contributed by atoms with Gasteiger partial charge in [-0.15, -0.1) is 0 Å². The van der Waals surface area contributed by atoms with E-state index in [1.807, 2.05) is 26.1 Å². The Morgan fingerprint density at radius 3 is 2.31 bits per heavy atom. The maximum absolute atomic E-state index is 13.9. The summed E-state index contributed by atoms with van der Waals surface area (Å²) < 4.78 is 33.8. The number of alkyl halides is 2. The van der Waals surface area contributed by atoms with E-state index >= 15 is 0 Å². The van der Waals surface area contributed by atoms with E-state index in [1.54, 1.807) is 19.2 Å². The topological polar surface area (TPSA) is 73.2 Å². The van der Waals surface area contributed by atoms with E-state index in [1.165, 1.54) is 29.1 Å². The highest BCUT2D eigenvalue weighted by Gasteiger charge is 2.42. The number of ketones is 1. The van der Waals surface area contributed by atoms with E-state index in [9.17, 15) is 18.4 Å². The Labute approximate surface area is 150 Å². The molecule has 0 unspecified atom stereocenters. The van der Waals surface area contributed by atoms with Gasteiger partial charge in [-0.25, -0.2) is 4.98 Å². The van der Waals surface area contributed by atoms with Gasteiger partial charge < -0.3 is 14.6 Å². The number of ether oxygens (including phenoxy) is 1. The summed E-state index contributed by atoms with van der Waals surface area (Å²) in [6.07, 6.45) is -1.17. The van der Waals surface area contributed by atoms with Gasteiger partial charge in [-0.3, -0.25) is 9.59 Å². The second-order valence-corrected chi connectivity index (χ2v) is 6.86. The van der Waals surface area contributed by atoms with Crippen LogP contribution in [-0.4, -0.2) is 33.9 Å². The highest BCUT2D eigenvalue weighted by molar-refractivity contribution is 5.97. The predicted octanol–water partition coefficient (Wildman–Crippen LogP) is 2.69. The molecule has 1 N–H and O–H groups in total. The van der Waals surface area contributed by atoms with Gasteiger partial charge in [0.25, 0.3) is 0 Å². The van der Waals surface area contributed by atoms with Crippen LogP contribution >= 0.6 is 0 Å². The van der Waals surface area contributed by atoms with Gasteiger partial charge in [0.2, 0.25) is 5.78 Å². The standard InChI is InChI=1S/C18H21F2N3O3/c1-17(2,3)12-5-7-13(8-6-12)26-18(19,20)16(25)22-11-14(24)15-21-9-10-23(15)4/h5-10H,11H2,1-4H3,(H,22,25). The largest absolute Gasteiger partial charge is 0.482 e. The summed E-state index contributed by atoms with van der Waals surface area (Å²) in [6, 6.07) is 6.07. The van der Waals surface area contributed by atoms with Gasteiger partial charge in [-0.1, -0.05) is 32.9 Å². The number of amides is 1. The van der Waals surface area contributed by atoms with Gasteiger partial charge in [0, 0.05) is 19.4 Å². The maximum Gasteiger partial charge on any atom is 0.482 e. The zero-order valence-electron chi connectivity index (χ0n) is 15.0. The van der Waals surface area contributed by atoms with Crippen LogP contribution in [0.25, 0.3) is 0 Å². The molecule has 8 heteroatoms. The monoisotopic (exact) mass is 365 g/mol. The third-order valence-corrected chi connectivity index (χ3v) is 3.71. The molecule has 6 nitrogen and oxygen atoms in total. The summed E-state index contributed by atoms with van der Waals surface area (Å²) in [5, 5.41) is 1.88. The zero-order valence-corrected chi connectivity index (χ0v) is 15.0. The second-order valence-electron chi connectivity index (χ2n) is 6.86. The number of nitrogens with one attached hydrogen (secondary N) is 1. The fourth-order valence-electron chi connectivity index (χ4n) is 2.19. The molecule has 1 amide bonds. The van der Waals surface area contributed by atoms with Crippen molar-refractivity contribution in [3.63, 3.8) is 0 Å². The van der Waals surface area contributed by atoms with Crippen LogP contribution in [0, 0.1) is 0 Å². The van der Waals surface area contributed by atoms with Gasteiger partial charge in [-0.05, 0) is 23.1 Å². The number of hydrogen-bond acceptors (Lipinski definition) is 4. The van der Waals surface area contributed by atoms with Gasteiger partial charge in [0.05, 0.1) is 6.54 Å². The van der Waals surface area contributed by atoms with E-state index in [0.717, 1.165) is 5.56 Å². The van der Waals surface area contributed by atoms with Crippen molar-refractivity contribution in [2.24, 2.45) is 7.05 Å². The Balaban J connectivity index is 1.97. The Bertz CT molecular complexity index is 793. The van der Waals surface area contributed by atoms with Gasteiger partial charge in [0.15, 0.2) is 5.82 Å². The molecule has 0 saturated heterocycles. The van der Waals surface area contributed by atoms with Crippen molar-refractivity contribution < 1.29 is 23.1 Å². The SMILES string of the molecule is Cn1ccnc1C(=O)CNC(=O)C(F)(F)Oc1ccc(C(C)(C)C)cc1. The molecule has 0 spiro atoms. The van der Waals surface area contributed by atoms with Crippen molar-refractivity contribution in [1.82, 2.24) is 14.9 Å². The van der Waals surface area contributed by atoms with Crippen molar-refractivity contribution in [1.29, 1.82) is 0 Å². The number of rotatable bonds is 6. The predicted molar refractivity (Wildman–Crippen MR) is 91.3 cm³/mol. The van der Waals surface area contributed by atoms with E-state index in [2.05, 4.69) is 9.72 Å². The van der Waals surface area contributed by atoms with Crippen molar-refractivity contribution in [2.75, 3.05) is 6.54 Å². The first-order valence-electron chi connectivity index (χ1n) is 7.97. The van der Waals surface area contributed by atoms with E-state index in [4.69, 9.17) is 0 Å². The lowest BCUT2D eigenvalue weighted by Crippen LogP contribution is -2.46. The molecule has 0 aliphatic carbocycles. The van der Waals surface area contributed by atoms with Crippen molar-refractivity contribution in [2.45, 2.75) is 32.3 Å². The van der Waals surface area contributed by atoms with Crippen LogP contribution in [0.15, 0.2) is 36.7 Å². The number of carbonyl (C=O) groups is 2. The minimum absolute atomic E-state index is 0.0623. The van der Waals surface area contributed by atoms with Gasteiger partial charge >= 0.3 is 12.0 Å². The maximum atomic E-state index is 13.9. The fourth-order valence-corrected chi connectivity index (χ4v) is 2.19. The first kappa shape index (κ1) is 19.6. The molecule has 0 atom stereocenters. The molecule has 0 saturated carbocycles. The van der Waals surface area contributed by atoms with Crippen LogP contribution in [0.2, 0.25) is 0 Å². The molecule has 140 valence electrons. The molecule has 2 rings (SSSR count). The average Bonchev–Trinajstić information content (AvgIpc) is 2.97. The van der Waals surface area contributed by atoms with Crippen molar-refractivity contribution >= 4 is 11.7 Å². The summed E-state index contributed by atoms with van der Waals surface area (Å²) in [5.74, 6) is -2.36. The molecule has 0 bridgehead atoms. The Morgan fingerprint density at radius 2 is 1.81 bits per heavy atom. The fraction of sp³-hybridized carbons (Fsp3) is 0.389. The Kier molecular flexibility index (Phi) is 5.44. The summed E-state index contributed by atoms with van der Waals surface area (Å²) >= 11 is 0. The minimum atomic E-state index is -4.11. The second kappa shape index (κ2) is 7.23. The van der Waals surface area contributed by atoms with Gasteiger partial charge in [0.1, 0.15) is 5.75 Å². The molecule has 1 aromatic heterocycles. The molecular formula is C18H21F2N3O3. The minimum Gasteiger partial charge on any atom is -0.425 e. The lowest BCUT2D eigenvalue weighted by Gasteiger charge is -2.20. The molecular weight excluding hydrogens is 344 g/mol. The van der Waals surface area contributed by atoms with Crippen LogP contribution in [0.5, 0.6) is 5.75 Å². The normalized spacial score (nSPS) is 11.9. The summed E-state index contributed by atoms with van der Waals surface area (Å²) in [6.45, 7) is 5.36. The molecule has 0 radical (unpaired) electrons. The number of aryl methyl sites for hydroxylation is 1. The average molecular weight is 365 g/mol. The highest BCUT2D eigenvalue weighted by Crippen LogP contribution is 2.27. The number of Topliss-reactive ketones (excluding diaryl/α,β-unsaturated/α-hetero) is 1.